The van der Waals surface area contributed by atoms with Crippen LogP contribution in [0.15, 0.2) is 52.4 Å². The number of likely N-dealkylation sites (N-methyl/N-ethyl adjacent to an activating group) is 1. The van der Waals surface area contributed by atoms with Crippen molar-refractivity contribution in [2.45, 2.75) is 23.6 Å². The number of hydrogen-bond donors (Lipinski definition) is 1. The highest BCUT2D eigenvalue weighted by molar-refractivity contribution is 7.99. The topological polar surface area (TPSA) is 64.2 Å². The quantitative estimate of drug-likeness (QED) is 0.364. The van der Waals surface area contributed by atoms with Crippen molar-refractivity contribution in [2.75, 3.05) is 26.4 Å². The van der Waals surface area contributed by atoms with Crippen molar-refractivity contribution < 1.29 is 4.39 Å². The van der Waals surface area contributed by atoms with Crippen molar-refractivity contribution in [1.82, 2.24) is 14.5 Å². The molecule has 3 aromatic rings. The first-order valence-corrected chi connectivity index (χ1v) is 11.2. The monoisotopic (exact) mass is 480 g/mol. The molecule has 3 rings (SSSR count). The summed E-state index contributed by atoms with van der Waals surface area (Å²) in [6.07, 6.45) is 3.41. The normalized spacial score (nSPS) is 12.4. The first-order chi connectivity index (χ1) is 14.7. The second-order valence-electron chi connectivity index (χ2n) is 7.37. The minimum absolute atomic E-state index is 0.00322. The van der Waals surface area contributed by atoms with Crippen molar-refractivity contribution in [3.05, 3.63) is 74.5 Å². The average Bonchev–Trinajstić information content (AvgIpc) is 2.71. The number of benzene rings is 1. The molecule has 1 atom stereocenters. The molecular formula is C22H23Cl2FN4OS. The van der Waals surface area contributed by atoms with Crippen LogP contribution in [0.1, 0.15) is 17.7 Å². The minimum atomic E-state index is -0.525. The van der Waals surface area contributed by atoms with Crippen LogP contribution in [0.4, 0.5) is 10.2 Å². The van der Waals surface area contributed by atoms with Crippen molar-refractivity contribution in [3.8, 4) is 11.1 Å². The molecule has 9 heteroatoms. The maximum Gasteiger partial charge on any atom is 0.251 e. The van der Waals surface area contributed by atoms with Gasteiger partial charge in [0.25, 0.3) is 5.56 Å². The van der Waals surface area contributed by atoms with Crippen LogP contribution in [0.2, 0.25) is 10.0 Å². The van der Waals surface area contributed by atoms with E-state index < -0.39 is 5.82 Å². The molecular weight excluding hydrogens is 458 g/mol. The fraction of sp³-hybridized carbons (Fsp3) is 0.273. The van der Waals surface area contributed by atoms with Gasteiger partial charge in [-0.05, 0) is 50.8 Å². The SMILES string of the molecule is C[C@@H](Sc1cc(-c2ccn(CCN(C)C)c(=O)c2)cnc1N)c1c(Cl)ccc(F)c1Cl. The minimum Gasteiger partial charge on any atom is -0.383 e. The maximum absolute atomic E-state index is 13.9. The van der Waals surface area contributed by atoms with Gasteiger partial charge in [0.1, 0.15) is 11.6 Å². The lowest BCUT2D eigenvalue weighted by Crippen LogP contribution is -2.25. The largest absolute Gasteiger partial charge is 0.383 e. The van der Waals surface area contributed by atoms with E-state index in [1.54, 1.807) is 23.0 Å². The van der Waals surface area contributed by atoms with Gasteiger partial charge in [0.05, 0.1) is 9.92 Å². The first kappa shape index (κ1) is 23.6. The molecule has 0 aliphatic rings. The molecule has 1 aromatic carbocycles. The molecule has 0 saturated heterocycles. The summed E-state index contributed by atoms with van der Waals surface area (Å²) in [5, 5.41) is 0.112. The zero-order chi connectivity index (χ0) is 22.7. The molecule has 2 heterocycles. The van der Waals surface area contributed by atoms with E-state index in [1.165, 1.54) is 23.9 Å². The van der Waals surface area contributed by atoms with Gasteiger partial charge in [-0.3, -0.25) is 4.79 Å². The molecule has 0 spiro atoms. The standard InChI is InChI=1S/C22H23Cl2FN4OS/c1-13(20-16(23)4-5-17(25)21(20)24)31-18-10-15(12-27-22(18)26)14-6-7-29(19(30)11-14)9-8-28(2)3/h4-7,10-13H,8-9H2,1-3H3,(H2,26,27)/t13-/m1/s1. The molecule has 2 N–H and O–H groups in total. The van der Waals surface area contributed by atoms with Crippen molar-refractivity contribution in [3.63, 3.8) is 0 Å². The summed E-state index contributed by atoms with van der Waals surface area (Å²) in [4.78, 5) is 19.5. The molecule has 0 unspecified atom stereocenters. The molecule has 2 aromatic heterocycles. The summed E-state index contributed by atoms with van der Waals surface area (Å²) in [5.41, 5.74) is 8.00. The number of aromatic nitrogens is 2. The summed E-state index contributed by atoms with van der Waals surface area (Å²) in [7, 11) is 3.92. The number of rotatable bonds is 7. The zero-order valence-electron chi connectivity index (χ0n) is 17.4. The van der Waals surface area contributed by atoms with Crippen molar-refractivity contribution in [2.24, 2.45) is 0 Å². The zero-order valence-corrected chi connectivity index (χ0v) is 19.7. The Bertz CT molecular complexity index is 1150. The molecule has 164 valence electrons. The molecule has 31 heavy (non-hydrogen) atoms. The van der Waals surface area contributed by atoms with E-state index in [0.717, 1.165) is 17.7 Å². The molecule has 0 fully saturated rings. The smallest absolute Gasteiger partial charge is 0.251 e. The van der Waals surface area contributed by atoms with Crippen LogP contribution < -0.4 is 11.3 Å². The molecule has 0 radical (unpaired) electrons. The Morgan fingerprint density at radius 2 is 1.97 bits per heavy atom. The first-order valence-electron chi connectivity index (χ1n) is 9.58. The van der Waals surface area contributed by atoms with Gasteiger partial charge in [-0.2, -0.15) is 0 Å². The highest BCUT2D eigenvalue weighted by atomic mass is 35.5. The van der Waals surface area contributed by atoms with Crippen LogP contribution in [0.25, 0.3) is 11.1 Å². The van der Waals surface area contributed by atoms with Crippen LogP contribution in [0, 0.1) is 5.82 Å². The fourth-order valence-electron chi connectivity index (χ4n) is 3.05. The van der Waals surface area contributed by atoms with Crippen molar-refractivity contribution >= 4 is 40.8 Å². The van der Waals surface area contributed by atoms with Gasteiger partial charge in [-0.25, -0.2) is 9.37 Å². The van der Waals surface area contributed by atoms with E-state index in [0.29, 0.717) is 27.8 Å². The van der Waals surface area contributed by atoms with Gasteiger partial charge in [0.15, 0.2) is 0 Å². The number of thioether (sulfide) groups is 1. The number of nitrogens with zero attached hydrogens (tertiary/aromatic N) is 3. The Balaban J connectivity index is 1.88. The molecule has 0 saturated carbocycles. The van der Waals surface area contributed by atoms with E-state index in [-0.39, 0.29) is 15.8 Å². The van der Waals surface area contributed by atoms with Gasteiger partial charge in [0.2, 0.25) is 0 Å². The summed E-state index contributed by atoms with van der Waals surface area (Å²) in [5.74, 6) is -0.188. The summed E-state index contributed by atoms with van der Waals surface area (Å²) in [6, 6.07) is 8.05. The third-order valence-electron chi connectivity index (χ3n) is 4.79. The van der Waals surface area contributed by atoms with Crippen LogP contribution in [-0.2, 0) is 6.54 Å². The Morgan fingerprint density at radius 1 is 1.23 bits per heavy atom. The maximum atomic E-state index is 13.9. The Labute approximate surface area is 195 Å². The molecule has 0 bridgehead atoms. The van der Waals surface area contributed by atoms with E-state index in [9.17, 15) is 9.18 Å². The van der Waals surface area contributed by atoms with E-state index >= 15 is 0 Å². The third-order valence-corrected chi connectivity index (χ3v) is 6.67. The van der Waals surface area contributed by atoms with Crippen molar-refractivity contribution in [1.29, 1.82) is 0 Å². The summed E-state index contributed by atoms with van der Waals surface area (Å²) >= 11 is 13.8. The second-order valence-corrected chi connectivity index (χ2v) is 9.54. The number of hydrogen-bond acceptors (Lipinski definition) is 5. The van der Waals surface area contributed by atoms with Gasteiger partial charge in [-0.1, -0.05) is 23.2 Å². The second kappa shape index (κ2) is 10.0. The van der Waals surface area contributed by atoms with E-state index in [4.69, 9.17) is 28.9 Å². The Hall–Kier alpha value is -2.06. The van der Waals surface area contributed by atoms with Gasteiger partial charge >= 0.3 is 0 Å². The number of nitrogen functional groups attached to an aromatic ring is 1. The van der Waals surface area contributed by atoms with Gasteiger partial charge < -0.3 is 15.2 Å². The summed E-state index contributed by atoms with van der Waals surface area (Å²) in [6.45, 7) is 3.25. The number of pyridine rings is 2. The van der Waals surface area contributed by atoms with E-state index in [2.05, 4.69) is 4.98 Å². The number of nitrogens with two attached hydrogens (primary N) is 1. The Kier molecular flexibility index (Phi) is 7.64. The average molecular weight is 481 g/mol. The lowest BCUT2D eigenvalue weighted by Gasteiger charge is -2.17. The van der Waals surface area contributed by atoms with Crippen LogP contribution in [-0.4, -0.2) is 35.1 Å². The predicted molar refractivity (Wildman–Crippen MR) is 128 cm³/mol. The molecule has 5 nitrogen and oxygen atoms in total. The van der Waals surface area contributed by atoms with Gasteiger partial charge in [0, 0.05) is 52.9 Å². The van der Waals surface area contributed by atoms with E-state index in [1.807, 2.05) is 38.1 Å². The molecule has 0 amide bonds. The van der Waals surface area contributed by atoms with Crippen LogP contribution >= 0.6 is 35.0 Å². The number of anilines is 1. The van der Waals surface area contributed by atoms with Crippen LogP contribution in [0.5, 0.6) is 0 Å². The molecule has 0 aliphatic carbocycles. The highest BCUT2D eigenvalue weighted by Crippen LogP contribution is 2.44. The lowest BCUT2D eigenvalue weighted by atomic mass is 10.1. The number of halogens is 3. The van der Waals surface area contributed by atoms with Gasteiger partial charge in [-0.15, -0.1) is 11.8 Å². The highest BCUT2D eigenvalue weighted by Gasteiger charge is 2.19. The third kappa shape index (κ3) is 5.60. The predicted octanol–water partition coefficient (Wildman–Crippen LogP) is 5.35. The molecule has 0 aliphatic heterocycles. The Morgan fingerprint density at radius 3 is 2.65 bits per heavy atom. The van der Waals surface area contributed by atoms with Crippen LogP contribution in [0.3, 0.4) is 0 Å². The summed E-state index contributed by atoms with van der Waals surface area (Å²) < 4.78 is 15.6. The fourth-order valence-corrected chi connectivity index (χ4v) is 4.99. The lowest BCUT2D eigenvalue weighted by molar-refractivity contribution is 0.381.